The molecule has 0 radical (unpaired) electrons. The summed E-state index contributed by atoms with van der Waals surface area (Å²) in [4.78, 5) is 0. The Morgan fingerprint density at radius 1 is 1.67 bits per heavy atom. The maximum Gasteiger partial charge on any atom is 0.0936 e. The van der Waals surface area contributed by atoms with Crippen LogP contribution in [-0.2, 0) is 0 Å². The molecule has 0 aromatic carbocycles. The van der Waals surface area contributed by atoms with Crippen molar-refractivity contribution in [3.8, 4) is 0 Å². The molecule has 1 aliphatic rings. The molecule has 2 nitrogen and oxygen atoms in total. The molecule has 1 rings (SSSR count). The Labute approximate surface area is 55.7 Å². The zero-order valence-electron chi connectivity index (χ0n) is 5.91. The van der Waals surface area contributed by atoms with E-state index in [1.54, 1.807) is 6.20 Å². The maximum absolute atomic E-state index is 4.02. The third-order valence-electron chi connectivity index (χ3n) is 1.78. The van der Waals surface area contributed by atoms with Gasteiger partial charge in [-0.2, -0.15) is 10.2 Å². The van der Waals surface area contributed by atoms with Gasteiger partial charge in [-0.1, -0.05) is 20.3 Å². The summed E-state index contributed by atoms with van der Waals surface area (Å²) in [5.41, 5.74) is 0. The fourth-order valence-electron chi connectivity index (χ4n) is 0.826. The zero-order chi connectivity index (χ0) is 6.69. The van der Waals surface area contributed by atoms with Crippen molar-refractivity contribution in [3.63, 3.8) is 0 Å². The van der Waals surface area contributed by atoms with Gasteiger partial charge < -0.3 is 0 Å². The number of nitrogens with zero attached hydrogens (tertiary/aromatic N) is 2. The monoisotopic (exact) mass is 124 g/mol. The summed E-state index contributed by atoms with van der Waals surface area (Å²) in [6.45, 7) is 4.37. The maximum atomic E-state index is 4.02. The molecule has 2 atom stereocenters. The van der Waals surface area contributed by atoms with Crippen molar-refractivity contribution in [2.75, 3.05) is 0 Å². The molecule has 0 N–H and O–H groups in total. The SMILES string of the molecule is CCC(C)C1C=CN=N1. The van der Waals surface area contributed by atoms with Crippen LogP contribution in [0.4, 0.5) is 0 Å². The van der Waals surface area contributed by atoms with Crippen LogP contribution in [0, 0.1) is 5.92 Å². The van der Waals surface area contributed by atoms with Crippen molar-refractivity contribution in [2.45, 2.75) is 26.3 Å². The second-order valence-corrected chi connectivity index (χ2v) is 2.45. The van der Waals surface area contributed by atoms with Crippen LogP contribution in [0.1, 0.15) is 20.3 Å². The lowest BCUT2D eigenvalue weighted by Crippen LogP contribution is -2.08. The predicted octanol–water partition coefficient (Wildman–Crippen LogP) is 2.38. The summed E-state index contributed by atoms with van der Waals surface area (Å²) in [5, 5.41) is 7.80. The Balaban J connectivity index is 2.43. The van der Waals surface area contributed by atoms with Crippen molar-refractivity contribution in [1.29, 1.82) is 0 Å². The third kappa shape index (κ3) is 1.37. The average molecular weight is 124 g/mol. The molecule has 1 aliphatic heterocycles. The summed E-state index contributed by atoms with van der Waals surface area (Å²) < 4.78 is 0. The number of azo groups is 1. The van der Waals surface area contributed by atoms with E-state index in [1.165, 1.54) is 6.42 Å². The number of hydrogen-bond donors (Lipinski definition) is 0. The highest BCUT2D eigenvalue weighted by molar-refractivity contribution is 4.98. The fourth-order valence-corrected chi connectivity index (χ4v) is 0.826. The first-order chi connectivity index (χ1) is 4.34. The van der Waals surface area contributed by atoms with Gasteiger partial charge in [0.05, 0.1) is 6.04 Å². The van der Waals surface area contributed by atoms with Gasteiger partial charge in [-0.3, -0.25) is 0 Å². The molecule has 0 bridgehead atoms. The number of hydrogen-bond acceptors (Lipinski definition) is 2. The van der Waals surface area contributed by atoms with Crippen molar-refractivity contribution in [2.24, 2.45) is 16.1 Å². The Kier molecular flexibility index (Phi) is 1.98. The first-order valence-electron chi connectivity index (χ1n) is 3.41. The van der Waals surface area contributed by atoms with E-state index in [9.17, 15) is 0 Å². The first kappa shape index (κ1) is 6.46. The molecule has 0 aliphatic carbocycles. The quantitative estimate of drug-likeness (QED) is 0.540. The van der Waals surface area contributed by atoms with Gasteiger partial charge in [0.2, 0.25) is 0 Å². The van der Waals surface area contributed by atoms with Crippen LogP contribution in [0.15, 0.2) is 22.5 Å². The standard InChI is InChI=1S/C7H12N2/c1-3-6(2)7-4-5-8-9-7/h4-7H,3H2,1-2H3. The molecule has 2 heteroatoms. The lowest BCUT2D eigenvalue weighted by Gasteiger charge is -2.09. The topological polar surface area (TPSA) is 24.7 Å². The second kappa shape index (κ2) is 2.76. The van der Waals surface area contributed by atoms with E-state index >= 15 is 0 Å². The predicted molar refractivity (Wildman–Crippen MR) is 37.2 cm³/mol. The van der Waals surface area contributed by atoms with E-state index in [0.717, 1.165) is 0 Å². The third-order valence-corrected chi connectivity index (χ3v) is 1.78. The van der Waals surface area contributed by atoms with Crippen molar-refractivity contribution in [1.82, 2.24) is 0 Å². The van der Waals surface area contributed by atoms with Crippen LogP contribution in [0.2, 0.25) is 0 Å². The highest BCUT2D eigenvalue weighted by Crippen LogP contribution is 2.16. The fraction of sp³-hybridized carbons (Fsp3) is 0.714. The second-order valence-electron chi connectivity index (χ2n) is 2.45. The van der Waals surface area contributed by atoms with Crippen molar-refractivity contribution >= 4 is 0 Å². The van der Waals surface area contributed by atoms with E-state index in [0.29, 0.717) is 12.0 Å². The van der Waals surface area contributed by atoms with E-state index in [-0.39, 0.29) is 0 Å². The summed E-state index contributed by atoms with van der Waals surface area (Å²) in [6, 6.07) is 0.356. The molecule has 0 spiro atoms. The van der Waals surface area contributed by atoms with Gasteiger partial charge in [0, 0.05) is 6.20 Å². The lowest BCUT2D eigenvalue weighted by atomic mass is 10.0. The number of rotatable bonds is 2. The summed E-state index contributed by atoms with van der Waals surface area (Å²) >= 11 is 0. The summed E-state index contributed by atoms with van der Waals surface area (Å²) in [5.74, 6) is 0.646. The van der Waals surface area contributed by atoms with Crippen molar-refractivity contribution < 1.29 is 0 Å². The Bertz CT molecular complexity index is 126. The van der Waals surface area contributed by atoms with Gasteiger partial charge in [0.1, 0.15) is 0 Å². The molecule has 0 aromatic rings. The van der Waals surface area contributed by atoms with Gasteiger partial charge in [0.25, 0.3) is 0 Å². The molecule has 1 heterocycles. The van der Waals surface area contributed by atoms with Crippen LogP contribution >= 0.6 is 0 Å². The summed E-state index contributed by atoms with van der Waals surface area (Å²) in [7, 11) is 0. The molecular formula is C7H12N2. The largest absolute Gasteiger partial charge is 0.181 e. The molecule has 9 heavy (non-hydrogen) atoms. The van der Waals surface area contributed by atoms with Crippen molar-refractivity contribution in [3.05, 3.63) is 12.3 Å². The molecular weight excluding hydrogens is 112 g/mol. The van der Waals surface area contributed by atoms with E-state index in [4.69, 9.17) is 0 Å². The van der Waals surface area contributed by atoms with Gasteiger partial charge in [-0.05, 0) is 12.0 Å². The van der Waals surface area contributed by atoms with Gasteiger partial charge in [0.15, 0.2) is 0 Å². The van der Waals surface area contributed by atoms with Crippen LogP contribution in [-0.4, -0.2) is 6.04 Å². The molecule has 0 amide bonds. The molecule has 0 saturated heterocycles. The highest BCUT2D eigenvalue weighted by Gasteiger charge is 2.12. The Morgan fingerprint density at radius 2 is 2.44 bits per heavy atom. The van der Waals surface area contributed by atoms with E-state index < -0.39 is 0 Å². The van der Waals surface area contributed by atoms with Crippen LogP contribution in [0.25, 0.3) is 0 Å². The normalized spacial score (nSPS) is 27.1. The van der Waals surface area contributed by atoms with Crippen LogP contribution in [0.3, 0.4) is 0 Å². The molecule has 0 saturated carbocycles. The van der Waals surface area contributed by atoms with Crippen LogP contribution in [0.5, 0.6) is 0 Å². The zero-order valence-corrected chi connectivity index (χ0v) is 5.91. The highest BCUT2D eigenvalue weighted by atomic mass is 15.1. The van der Waals surface area contributed by atoms with Gasteiger partial charge in [-0.25, -0.2) is 0 Å². The van der Waals surface area contributed by atoms with E-state index in [2.05, 4.69) is 24.1 Å². The minimum Gasteiger partial charge on any atom is -0.181 e. The van der Waals surface area contributed by atoms with E-state index in [1.807, 2.05) is 6.08 Å². The van der Waals surface area contributed by atoms with Gasteiger partial charge >= 0.3 is 0 Å². The molecule has 0 aromatic heterocycles. The summed E-state index contributed by atoms with van der Waals surface area (Å²) in [6.07, 6.45) is 5.00. The Hall–Kier alpha value is -0.660. The van der Waals surface area contributed by atoms with Crippen LogP contribution < -0.4 is 0 Å². The molecule has 2 unspecified atom stereocenters. The van der Waals surface area contributed by atoms with Gasteiger partial charge in [-0.15, -0.1) is 0 Å². The lowest BCUT2D eigenvalue weighted by molar-refractivity contribution is 0.501. The molecule has 0 fully saturated rings. The average Bonchev–Trinajstić information content (AvgIpc) is 2.37. The minimum atomic E-state index is 0.356. The first-order valence-corrected chi connectivity index (χ1v) is 3.41. The molecule has 50 valence electrons. The smallest absolute Gasteiger partial charge is 0.0936 e. The Morgan fingerprint density at radius 3 is 2.89 bits per heavy atom. The minimum absolute atomic E-state index is 0.356.